The molecule has 0 spiro atoms. The van der Waals surface area contributed by atoms with Gasteiger partial charge in [-0.05, 0) is 85.4 Å². The van der Waals surface area contributed by atoms with Crippen LogP contribution in [0.4, 0.5) is 5.69 Å². The van der Waals surface area contributed by atoms with Crippen LogP contribution in [0.25, 0.3) is 11.0 Å². The first-order chi connectivity index (χ1) is 15.9. The third kappa shape index (κ3) is 4.24. The number of anilines is 1. The zero-order chi connectivity index (χ0) is 23.1. The largest absolute Gasteiger partial charge is 0.469 e. The fraction of sp³-hybridized carbons (Fsp3) is 0.462. The molecule has 174 valence electrons. The highest BCUT2D eigenvalue weighted by Gasteiger charge is 2.44. The smallest absolute Gasteiger partial charge is 0.309 e. The summed E-state index contributed by atoms with van der Waals surface area (Å²) in [4.78, 5) is 18.4. The summed E-state index contributed by atoms with van der Waals surface area (Å²) in [5.41, 5.74) is 4.49. The molecular weight excluding hydrogens is 434 g/mol. The Kier molecular flexibility index (Phi) is 6.10. The molecule has 6 nitrogen and oxygen atoms in total. The number of rotatable bonds is 5. The molecule has 2 fully saturated rings. The van der Waals surface area contributed by atoms with Crippen LogP contribution in [0.5, 0.6) is 0 Å². The van der Waals surface area contributed by atoms with Crippen LogP contribution in [0.1, 0.15) is 30.1 Å². The van der Waals surface area contributed by atoms with E-state index in [9.17, 15) is 4.79 Å². The molecule has 1 aliphatic heterocycles. The first kappa shape index (κ1) is 22.3. The molecule has 5 rings (SSSR count). The number of benzene rings is 2. The van der Waals surface area contributed by atoms with Crippen molar-refractivity contribution in [1.29, 1.82) is 0 Å². The number of hydrogen-bond acceptors (Lipinski definition) is 6. The maximum absolute atomic E-state index is 12.6. The lowest BCUT2D eigenvalue weighted by molar-refractivity contribution is -0.148. The Balaban J connectivity index is 1.32. The van der Waals surface area contributed by atoms with Crippen LogP contribution >= 0.6 is 11.9 Å². The third-order valence-corrected chi connectivity index (χ3v) is 8.39. The van der Waals surface area contributed by atoms with E-state index in [0.29, 0.717) is 11.8 Å². The van der Waals surface area contributed by atoms with Crippen LogP contribution in [0.15, 0.2) is 47.4 Å². The van der Waals surface area contributed by atoms with E-state index >= 15 is 0 Å². The second kappa shape index (κ2) is 9.03. The zero-order valence-corrected chi connectivity index (χ0v) is 20.5. The predicted octanol–water partition coefficient (Wildman–Crippen LogP) is 4.95. The van der Waals surface area contributed by atoms with E-state index in [1.807, 2.05) is 14.0 Å². The lowest BCUT2D eigenvalue weighted by Gasteiger charge is -2.36. The Morgan fingerprint density at radius 3 is 2.61 bits per heavy atom. The van der Waals surface area contributed by atoms with Crippen LogP contribution in [-0.4, -0.2) is 42.9 Å². The minimum absolute atomic E-state index is 0.0931. The number of carbonyl (C=O) groups is 1. The Bertz CT molecular complexity index is 1160. The SMILES string of the molecule is COC(=O)C1CC2COCC2CC1c1ccc(N(C)Sc2ccc3c(c2)nc(C)n3C)cc1. The van der Waals surface area contributed by atoms with Crippen LogP contribution < -0.4 is 4.31 Å². The van der Waals surface area contributed by atoms with Gasteiger partial charge in [0.05, 0.1) is 24.1 Å². The maximum Gasteiger partial charge on any atom is 0.309 e. The van der Waals surface area contributed by atoms with Crippen molar-refractivity contribution in [2.24, 2.45) is 24.8 Å². The van der Waals surface area contributed by atoms with Crippen LogP contribution in [0.2, 0.25) is 0 Å². The van der Waals surface area contributed by atoms with Gasteiger partial charge >= 0.3 is 5.97 Å². The van der Waals surface area contributed by atoms with Gasteiger partial charge in [0.1, 0.15) is 5.82 Å². The van der Waals surface area contributed by atoms with Gasteiger partial charge in [-0.15, -0.1) is 0 Å². The van der Waals surface area contributed by atoms with Gasteiger partial charge in [-0.25, -0.2) is 4.98 Å². The quantitative estimate of drug-likeness (QED) is 0.392. The van der Waals surface area contributed by atoms with Gasteiger partial charge in [-0.2, -0.15) is 0 Å². The summed E-state index contributed by atoms with van der Waals surface area (Å²) in [6.45, 7) is 3.61. The lowest BCUT2D eigenvalue weighted by Crippen LogP contribution is -2.35. The number of aryl methyl sites for hydroxylation is 2. The molecule has 1 saturated carbocycles. The molecule has 4 atom stereocenters. The van der Waals surface area contributed by atoms with E-state index in [0.717, 1.165) is 53.5 Å². The topological polar surface area (TPSA) is 56.6 Å². The van der Waals surface area contributed by atoms with Gasteiger partial charge in [-0.1, -0.05) is 12.1 Å². The van der Waals surface area contributed by atoms with Crippen molar-refractivity contribution in [3.8, 4) is 0 Å². The standard InChI is InChI=1S/C26H31N3O3S/c1-16-27-24-13-21(9-10-25(24)28(16)2)33-29(3)20-7-5-17(6-8-20)22-11-18-14-32-15-19(18)12-23(22)26(30)31-4/h5-10,13,18-19,22-23H,11-12,14-15H2,1-4H3. The van der Waals surface area contributed by atoms with Crippen LogP contribution in [0.3, 0.4) is 0 Å². The van der Waals surface area contributed by atoms with Crippen LogP contribution in [0, 0.1) is 24.7 Å². The molecule has 0 radical (unpaired) electrons. The Morgan fingerprint density at radius 2 is 1.88 bits per heavy atom. The summed E-state index contributed by atoms with van der Waals surface area (Å²) < 4.78 is 15.1. The van der Waals surface area contributed by atoms with Crippen molar-refractivity contribution in [2.45, 2.75) is 30.6 Å². The number of aromatic nitrogens is 2. The molecule has 2 heterocycles. The molecule has 1 saturated heterocycles. The van der Waals surface area contributed by atoms with Gasteiger partial charge in [0, 0.05) is 37.9 Å². The Labute approximate surface area is 199 Å². The minimum Gasteiger partial charge on any atom is -0.469 e. The van der Waals surface area contributed by atoms with Crippen molar-refractivity contribution in [1.82, 2.24) is 9.55 Å². The van der Waals surface area contributed by atoms with Gasteiger partial charge < -0.3 is 18.3 Å². The Morgan fingerprint density at radius 1 is 1.15 bits per heavy atom. The van der Waals surface area contributed by atoms with Crippen molar-refractivity contribution >= 4 is 34.6 Å². The van der Waals surface area contributed by atoms with Crippen molar-refractivity contribution in [3.05, 3.63) is 53.9 Å². The minimum atomic E-state index is -0.0951. The molecule has 0 N–H and O–H groups in total. The molecule has 4 unspecified atom stereocenters. The van der Waals surface area contributed by atoms with E-state index in [2.05, 4.69) is 63.4 Å². The number of nitrogens with zero attached hydrogens (tertiary/aromatic N) is 3. The van der Waals surface area contributed by atoms with Crippen molar-refractivity contribution in [3.63, 3.8) is 0 Å². The molecule has 2 aliphatic rings. The molecule has 0 bridgehead atoms. The lowest BCUT2D eigenvalue weighted by atomic mass is 9.67. The number of methoxy groups -OCH3 is 1. The molecule has 7 heteroatoms. The van der Waals surface area contributed by atoms with E-state index in [4.69, 9.17) is 9.47 Å². The van der Waals surface area contributed by atoms with E-state index in [1.54, 1.807) is 11.9 Å². The molecule has 3 aromatic rings. The molecule has 33 heavy (non-hydrogen) atoms. The fourth-order valence-electron chi connectivity index (χ4n) is 5.42. The average molecular weight is 466 g/mol. The maximum atomic E-state index is 12.6. The molecule has 0 amide bonds. The van der Waals surface area contributed by atoms with Gasteiger partial charge in [-0.3, -0.25) is 4.79 Å². The Hall–Kier alpha value is -2.51. The number of fused-ring (bicyclic) bond motifs is 2. The second-order valence-corrected chi connectivity index (χ2v) is 10.5. The number of esters is 1. The molecular formula is C26H31N3O3S. The van der Waals surface area contributed by atoms with E-state index in [1.165, 1.54) is 12.7 Å². The second-order valence-electron chi connectivity index (χ2n) is 9.31. The molecule has 1 aromatic heterocycles. The summed E-state index contributed by atoms with van der Waals surface area (Å²) in [7, 11) is 5.61. The summed E-state index contributed by atoms with van der Waals surface area (Å²) in [6.07, 6.45) is 1.84. The number of ether oxygens (including phenoxy) is 2. The monoisotopic (exact) mass is 465 g/mol. The average Bonchev–Trinajstić information content (AvgIpc) is 3.41. The predicted molar refractivity (Wildman–Crippen MR) is 131 cm³/mol. The summed E-state index contributed by atoms with van der Waals surface area (Å²) >= 11 is 1.68. The molecule has 2 aromatic carbocycles. The summed E-state index contributed by atoms with van der Waals surface area (Å²) in [6, 6.07) is 15.1. The normalized spacial score (nSPS) is 24.6. The third-order valence-electron chi connectivity index (χ3n) is 7.44. The van der Waals surface area contributed by atoms with Crippen molar-refractivity contribution < 1.29 is 14.3 Å². The van der Waals surface area contributed by atoms with Crippen molar-refractivity contribution in [2.75, 3.05) is 31.7 Å². The molecule has 1 aliphatic carbocycles. The summed E-state index contributed by atoms with van der Waals surface area (Å²) in [5, 5.41) is 0. The van der Waals surface area contributed by atoms with Gasteiger partial charge in [0.2, 0.25) is 0 Å². The van der Waals surface area contributed by atoms with E-state index < -0.39 is 0 Å². The van der Waals surface area contributed by atoms with E-state index in [-0.39, 0.29) is 17.8 Å². The van der Waals surface area contributed by atoms with Gasteiger partial charge in [0.25, 0.3) is 0 Å². The number of imidazole rings is 1. The highest BCUT2D eigenvalue weighted by molar-refractivity contribution is 8.00. The number of hydrogen-bond donors (Lipinski definition) is 0. The van der Waals surface area contributed by atoms with Crippen LogP contribution in [-0.2, 0) is 21.3 Å². The summed E-state index contributed by atoms with van der Waals surface area (Å²) in [5.74, 6) is 2.03. The number of carbonyl (C=O) groups excluding carboxylic acids is 1. The highest BCUT2D eigenvalue weighted by Crippen LogP contribution is 2.46. The zero-order valence-electron chi connectivity index (χ0n) is 19.7. The first-order valence-corrected chi connectivity index (χ1v) is 12.3. The fourth-order valence-corrected chi connectivity index (χ4v) is 6.26. The highest BCUT2D eigenvalue weighted by atomic mass is 32.2. The van der Waals surface area contributed by atoms with Gasteiger partial charge in [0.15, 0.2) is 0 Å². The first-order valence-electron chi connectivity index (χ1n) is 11.5.